The van der Waals surface area contributed by atoms with Crippen molar-refractivity contribution in [2.75, 3.05) is 13.7 Å². The van der Waals surface area contributed by atoms with Gasteiger partial charge in [-0.25, -0.2) is 0 Å². The summed E-state index contributed by atoms with van der Waals surface area (Å²) in [5.41, 5.74) is 1.88. The minimum absolute atomic E-state index is 0.577. The third-order valence-electron chi connectivity index (χ3n) is 3.12. The van der Waals surface area contributed by atoms with Crippen molar-refractivity contribution in [2.45, 2.75) is 13.5 Å². The highest BCUT2D eigenvalue weighted by atomic mass is 35.5. The summed E-state index contributed by atoms with van der Waals surface area (Å²) in [5, 5.41) is 3.93. The third-order valence-corrected chi connectivity index (χ3v) is 3.87. The Labute approximate surface area is 141 Å². The molecule has 0 bridgehead atoms. The molecule has 116 valence electrons. The summed E-state index contributed by atoms with van der Waals surface area (Å²) in [4.78, 5) is 0.640. The molecule has 0 saturated heterocycles. The van der Waals surface area contributed by atoms with Gasteiger partial charge >= 0.3 is 0 Å². The lowest BCUT2D eigenvalue weighted by molar-refractivity contribution is 0.311. The Hall–Kier alpha value is -1.78. The van der Waals surface area contributed by atoms with Crippen molar-refractivity contribution in [3.8, 4) is 11.5 Å². The van der Waals surface area contributed by atoms with E-state index in [4.69, 9.17) is 33.3 Å². The zero-order valence-electron chi connectivity index (χ0n) is 12.6. The van der Waals surface area contributed by atoms with Gasteiger partial charge < -0.3 is 14.8 Å². The van der Waals surface area contributed by atoms with E-state index in [1.165, 1.54) is 0 Å². The Bertz CT molecular complexity index is 661. The fraction of sp³-hybridized carbons (Fsp3) is 0.235. The van der Waals surface area contributed by atoms with Gasteiger partial charge in [0, 0.05) is 17.1 Å². The Morgan fingerprint density at radius 2 is 1.95 bits per heavy atom. The van der Waals surface area contributed by atoms with Crippen LogP contribution >= 0.6 is 23.8 Å². The van der Waals surface area contributed by atoms with E-state index in [0.29, 0.717) is 29.6 Å². The highest BCUT2D eigenvalue weighted by Gasteiger charge is 2.09. The molecule has 0 radical (unpaired) electrons. The monoisotopic (exact) mass is 335 g/mol. The molecule has 2 aromatic rings. The maximum atomic E-state index is 6.14. The van der Waals surface area contributed by atoms with Crippen LogP contribution in [-0.4, -0.2) is 18.7 Å². The number of hydrogen-bond acceptors (Lipinski definition) is 3. The van der Waals surface area contributed by atoms with E-state index in [1.807, 2.05) is 49.4 Å². The molecule has 0 spiro atoms. The number of ether oxygens (including phenoxy) is 2. The van der Waals surface area contributed by atoms with Crippen LogP contribution in [0, 0.1) is 0 Å². The number of nitrogens with one attached hydrogen (secondary N) is 1. The molecule has 5 heteroatoms. The Morgan fingerprint density at radius 1 is 1.18 bits per heavy atom. The number of rotatable bonds is 6. The maximum Gasteiger partial charge on any atom is 0.161 e. The molecule has 2 aromatic carbocycles. The van der Waals surface area contributed by atoms with Crippen LogP contribution < -0.4 is 14.8 Å². The first kappa shape index (κ1) is 16.6. The largest absolute Gasteiger partial charge is 0.493 e. The second-order valence-electron chi connectivity index (χ2n) is 4.57. The number of methoxy groups -OCH3 is 1. The molecular formula is C17H18ClNO2S. The molecule has 0 fully saturated rings. The van der Waals surface area contributed by atoms with Gasteiger partial charge in [-0.3, -0.25) is 0 Å². The van der Waals surface area contributed by atoms with Crippen LogP contribution in [0.4, 0.5) is 0 Å². The van der Waals surface area contributed by atoms with Gasteiger partial charge in [0.15, 0.2) is 11.5 Å². The maximum absolute atomic E-state index is 6.14. The van der Waals surface area contributed by atoms with E-state index >= 15 is 0 Å². The van der Waals surface area contributed by atoms with Crippen molar-refractivity contribution in [1.29, 1.82) is 0 Å². The summed E-state index contributed by atoms with van der Waals surface area (Å²) in [6, 6.07) is 13.3. The van der Waals surface area contributed by atoms with Gasteiger partial charge in [0.2, 0.25) is 0 Å². The lowest BCUT2D eigenvalue weighted by Gasteiger charge is -2.13. The molecule has 22 heavy (non-hydrogen) atoms. The van der Waals surface area contributed by atoms with Crippen LogP contribution in [0.5, 0.6) is 11.5 Å². The SMILES string of the molecule is CCOc1ccc(C(=S)NCc2ccccc2Cl)cc1OC. The van der Waals surface area contributed by atoms with Crippen molar-refractivity contribution >= 4 is 28.8 Å². The zero-order chi connectivity index (χ0) is 15.9. The van der Waals surface area contributed by atoms with Crippen molar-refractivity contribution in [2.24, 2.45) is 0 Å². The van der Waals surface area contributed by atoms with Gasteiger partial charge in [-0.15, -0.1) is 0 Å². The summed E-state index contributed by atoms with van der Waals surface area (Å²) in [7, 11) is 1.61. The molecule has 0 aliphatic heterocycles. The predicted octanol–water partition coefficient (Wildman–Crippen LogP) is 4.21. The van der Waals surface area contributed by atoms with Crippen molar-refractivity contribution in [3.63, 3.8) is 0 Å². The highest BCUT2D eigenvalue weighted by molar-refractivity contribution is 7.80. The molecular weight excluding hydrogens is 318 g/mol. The fourth-order valence-electron chi connectivity index (χ4n) is 2.00. The van der Waals surface area contributed by atoms with E-state index in [-0.39, 0.29) is 0 Å². The van der Waals surface area contributed by atoms with E-state index in [9.17, 15) is 0 Å². The standard InChI is InChI=1S/C17H18ClNO2S/c1-3-21-15-9-8-12(10-16(15)20-2)17(22)19-11-13-6-4-5-7-14(13)18/h4-10H,3,11H2,1-2H3,(H,19,22). The first-order valence-corrected chi connectivity index (χ1v) is 7.76. The summed E-state index contributed by atoms with van der Waals surface area (Å²) in [6.45, 7) is 3.10. The summed E-state index contributed by atoms with van der Waals surface area (Å²) in [5.74, 6) is 1.38. The van der Waals surface area contributed by atoms with Gasteiger partial charge in [0.1, 0.15) is 4.99 Å². The van der Waals surface area contributed by atoms with Crippen molar-refractivity contribution in [1.82, 2.24) is 5.32 Å². The molecule has 0 heterocycles. The quantitative estimate of drug-likeness (QED) is 0.801. The normalized spacial score (nSPS) is 10.1. The van der Waals surface area contributed by atoms with Gasteiger partial charge in [0.05, 0.1) is 13.7 Å². The van der Waals surface area contributed by atoms with Gasteiger partial charge in [-0.1, -0.05) is 42.0 Å². The fourth-order valence-corrected chi connectivity index (χ4v) is 2.40. The van der Waals surface area contributed by atoms with Gasteiger partial charge in [0.25, 0.3) is 0 Å². The number of halogens is 1. The van der Waals surface area contributed by atoms with Crippen LogP contribution in [-0.2, 0) is 6.54 Å². The predicted molar refractivity (Wildman–Crippen MR) is 94.2 cm³/mol. The Balaban J connectivity index is 2.08. The van der Waals surface area contributed by atoms with Crippen LogP contribution in [0.15, 0.2) is 42.5 Å². The highest BCUT2D eigenvalue weighted by Crippen LogP contribution is 2.28. The van der Waals surface area contributed by atoms with Crippen LogP contribution in [0.1, 0.15) is 18.1 Å². The number of hydrogen-bond donors (Lipinski definition) is 1. The average molecular weight is 336 g/mol. The molecule has 1 N–H and O–H groups in total. The van der Waals surface area contributed by atoms with Crippen LogP contribution in [0.3, 0.4) is 0 Å². The lowest BCUT2D eigenvalue weighted by atomic mass is 10.2. The van der Waals surface area contributed by atoms with Gasteiger partial charge in [-0.2, -0.15) is 0 Å². The van der Waals surface area contributed by atoms with E-state index in [0.717, 1.165) is 16.1 Å². The molecule has 0 atom stereocenters. The van der Waals surface area contributed by atoms with Crippen LogP contribution in [0.2, 0.25) is 5.02 Å². The first-order valence-electron chi connectivity index (χ1n) is 6.98. The van der Waals surface area contributed by atoms with Crippen molar-refractivity contribution in [3.05, 3.63) is 58.6 Å². The third kappa shape index (κ3) is 4.12. The lowest BCUT2D eigenvalue weighted by Crippen LogP contribution is -2.21. The van der Waals surface area contributed by atoms with Crippen LogP contribution in [0.25, 0.3) is 0 Å². The van der Waals surface area contributed by atoms with Crippen molar-refractivity contribution < 1.29 is 9.47 Å². The molecule has 0 aliphatic rings. The second-order valence-corrected chi connectivity index (χ2v) is 5.39. The smallest absolute Gasteiger partial charge is 0.161 e. The summed E-state index contributed by atoms with van der Waals surface area (Å²) in [6.07, 6.45) is 0. The van der Waals surface area contributed by atoms with E-state index in [2.05, 4.69) is 5.32 Å². The molecule has 0 aromatic heterocycles. The molecule has 0 saturated carbocycles. The Kier molecular flexibility index (Phi) is 6.04. The minimum Gasteiger partial charge on any atom is -0.493 e. The summed E-state index contributed by atoms with van der Waals surface area (Å²) >= 11 is 11.6. The average Bonchev–Trinajstić information content (AvgIpc) is 2.54. The number of thiocarbonyl (C=S) groups is 1. The number of benzene rings is 2. The Morgan fingerprint density at radius 3 is 2.64 bits per heavy atom. The van der Waals surface area contributed by atoms with E-state index in [1.54, 1.807) is 7.11 Å². The second kappa shape index (κ2) is 8.01. The summed E-state index contributed by atoms with van der Waals surface area (Å²) < 4.78 is 10.8. The van der Waals surface area contributed by atoms with E-state index < -0.39 is 0 Å². The molecule has 0 unspecified atom stereocenters. The zero-order valence-corrected chi connectivity index (χ0v) is 14.1. The molecule has 2 rings (SSSR count). The minimum atomic E-state index is 0.577. The molecule has 0 amide bonds. The topological polar surface area (TPSA) is 30.5 Å². The first-order chi connectivity index (χ1) is 10.7. The van der Waals surface area contributed by atoms with Gasteiger partial charge in [-0.05, 0) is 36.8 Å². The molecule has 3 nitrogen and oxygen atoms in total. The molecule has 0 aliphatic carbocycles.